The van der Waals surface area contributed by atoms with Gasteiger partial charge < -0.3 is 9.94 Å². The van der Waals surface area contributed by atoms with Crippen LogP contribution < -0.4 is 4.73 Å². The van der Waals surface area contributed by atoms with E-state index in [1.54, 1.807) is 12.4 Å². The molecule has 0 aromatic carbocycles. The van der Waals surface area contributed by atoms with E-state index in [4.69, 9.17) is 4.74 Å². The molecule has 70 valence electrons. The molecule has 0 unspecified atom stereocenters. The van der Waals surface area contributed by atoms with Crippen LogP contribution in [0.15, 0.2) is 24.5 Å². The Hall–Kier alpha value is -1.09. The highest BCUT2D eigenvalue weighted by molar-refractivity contribution is 5.14. The molecule has 0 aliphatic carbocycles. The van der Waals surface area contributed by atoms with Gasteiger partial charge in [0.25, 0.3) is 0 Å². The molecule has 0 atom stereocenters. The third-order valence-corrected chi connectivity index (χ3v) is 2.52. The number of ether oxygens (including phenoxy) is 1. The quantitative estimate of drug-likeness (QED) is 0.480. The summed E-state index contributed by atoms with van der Waals surface area (Å²) >= 11 is 0. The van der Waals surface area contributed by atoms with Crippen molar-refractivity contribution in [2.24, 2.45) is 0 Å². The highest BCUT2D eigenvalue weighted by atomic mass is 16.5. The SMILES string of the molecule is [O-][n+]1ccc(C2CCOCC2)cc1. The van der Waals surface area contributed by atoms with Gasteiger partial charge in [0.2, 0.25) is 0 Å². The van der Waals surface area contributed by atoms with E-state index < -0.39 is 0 Å². The molecule has 0 saturated carbocycles. The highest BCUT2D eigenvalue weighted by Crippen LogP contribution is 2.25. The van der Waals surface area contributed by atoms with Gasteiger partial charge in [-0.2, -0.15) is 4.73 Å². The van der Waals surface area contributed by atoms with Crippen LogP contribution in [0.25, 0.3) is 0 Å². The maximum absolute atomic E-state index is 10.8. The average molecular weight is 179 g/mol. The zero-order chi connectivity index (χ0) is 9.10. The molecule has 1 saturated heterocycles. The standard InChI is InChI=1S/C10H13NO2/c12-11-5-1-9(2-6-11)10-3-7-13-8-4-10/h1-2,5-6,10H,3-4,7-8H2. The van der Waals surface area contributed by atoms with Crippen LogP contribution in [0.3, 0.4) is 0 Å². The highest BCUT2D eigenvalue weighted by Gasteiger charge is 2.15. The van der Waals surface area contributed by atoms with Gasteiger partial charge in [-0.15, -0.1) is 0 Å². The number of rotatable bonds is 1. The minimum absolute atomic E-state index is 0.579. The third-order valence-electron chi connectivity index (χ3n) is 2.52. The van der Waals surface area contributed by atoms with Crippen LogP contribution in [0.5, 0.6) is 0 Å². The molecule has 0 N–H and O–H groups in total. The lowest BCUT2D eigenvalue weighted by Crippen LogP contribution is -2.24. The third kappa shape index (κ3) is 1.98. The summed E-state index contributed by atoms with van der Waals surface area (Å²) in [6.07, 6.45) is 5.27. The van der Waals surface area contributed by atoms with Crippen molar-refractivity contribution in [3.63, 3.8) is 0 Å². The molecule has 2 heterocycles. The predicted molar refractivity (Wildman–Crippen MR) is 48.2 cm³/mol. The summed E-state index contributed by atoms with van der Waals surface area (Å²) in [6.45, 7) is 1.69. The Morgan fingerprint density at radius 3 is 2.46 bits per heavy atom. The van der Waals surface area contributed by atoms with Gasteiger partial charge >= 0.3 is 0 Å². The van der Waals surface area contributed by atoms with Gasteiger partial charge in [-0.25, -0.2) is 0 Å². The molecule has 13 heavy (non-hydrogen) atoms. The number of hydrogen-bond donors (Lipinski definition) is 0. The second-order valence-corrected chi connectivity index (χ2v) is 3.38. The minimum Gasteiger partial charge on any atom is -0.619 e. The molecular weight excluding hydrogens is 166 g/mol. The van der Waals surface area contributed by atoms with E-state index in [-0.39, 0.29) is 0 Å². The molecule has 1 aromatic rings. The lowest BCUT2D eigenvalue weighted by Gasteiger charge is -2.21. The Kier molecular flexibility index (Phi) is 2.45. The lowest BCUT2D eigenvalue weighted by atomic mass is 9.93. The molecule has 1 aliphatic rings. The Morgan fingerprint density at radius 2 is 1.85 bits per heavy atom. The van der Waals surface area contributed by atoms with Gasteiger partial charge in [0.1, 0.15) is 0 Å². The van der Waals surface area contributed by atoms with E-state index in [9.17, 15) is 5.21 Å². The van der Waals surface area contributed by atoms with Gasteiger partial charge in [0.05, 0.1) is 0 Å². The lowest BCUT2D eigenvalue weighted by molar-refractivity contribution is -0.605. The van der Waals surface area contributed by atoms with Crippen molar-refractivity contribution in [2.75, 3.05) is 13.2 Å². The maximum atomic E-state index is 10.8. The fourth-order valence-corrected chi connectivity index (χ4v) is 1.73. The van der Waals surface area contributed by atoms with Crippen LogP contribution in [0.1, 0.15) is 24.3 Å². The topological polar surface area (TPSA) is 36.2 Å². The number of hydrogen-bond acceptors (Lipinski definition) is 2. The van der Waals surface area contributed by atoms with Crippen LogP contribution in [-0.2, 0) is 4.74 Å². The van der Waals surface area contributed by atoms with Crippen molar-refractivity contribution in [1.29, 1.82) is 0 Å². The summed E-state index contributed by atoms with van der Waals surface area (Å²) in [5.41, 5.74) is 1.26. The Morgan fingerprint density at radius 1 is 1.23 bits per heavy atom. The van der Waals surface area contributed by atoms with Crippen molar-refractivity contribution in [3.8, 4) is 0 Å². The molecule has 0 spiro atoms. The monoisotopic (exact) mass is 179 g/mol. The molecule has 3 heteroatoms. The molecule has 3 nitrogen and oxygen atoms in total. The first kappa shape index (κ1) is 8.51. The molecule has 0 bridgehead atoms. The van der Waals surface area contributed by atoms with E-state index in [0.717, 1.165) is 30.8 Å². The summed E-state index contributed by atoms with van der Waals surface area (Å²) in [5, 5.41) is 10.8. The predicted octanol–water partition coefficient (Wildman–Crippen LogP) is 1.21. The molecule has 1 fully saturated rings. The molecule has 2 rings (SSSR count). The molecular formula is C10H13NO2. The zero-order valence-corrected chi connectivity index (χ0v) is 7.48. The van der Waals surface area contributed by atoms with Crippen LogP contribution in [0, 0.1) is 5.21 Å². The fourth-order valence-electron chi connectivity index (χ4n) is 1.73. The fraction of sp³-hybridized carbons (Fsp3) is 0.500. The van der Waals surface area contributed by atoms with E-state index in [0.29, 0.717) is 5.92 Å². The molecule has 1 aromatic heterocycles. The molecule has 1 aliphatic heterocycles. The van der Waals surface area contributed by atoms with Crippen LogP contribution in [-0.4, -0.2) is 13.2 Å². The summed E-state index contributed by atoms with van der Waals surface area (Å²) in [5.74, 6) is 0.579. The van der Waals surface area contributed by atoms with Gasteiger partial charge in [0.15, 0.2) is 12.4 Å². The Bertz CT molecular complexity index is 265. The van der Waals surface area contributed by atoms with E-state index in [2.05, 4.69) is 0 Å². The summed E-state index contributed by atoms with van der Waals surface area (Å²) < 4.78 is 6.10. The first-order chi connectivity index (χ1) is 6.36. The van der Waals surface area contributed by atoms with Gasteiger partial charge in [-0.05, 0) is 24.3 Å². The van der Waals surface area contributed by atoms with Gasteiger partial charge in [0, 0.05) is 25.3 Å². The molecule has 0 amide bonds. The van der Waals surface area contributed by atoms with E-state index in [1.807, 2.05) is 12.1 Å². The normalized spacial score (nSPS) is 18.8. The van der Waals surface area contributed by atoms with Crippen molar-refractivity contribution in [1.82, 2.24) is 0 Å². The maximum Gasteiger partial charge on any atom is 0.180 e. The number of pyridine rings is 1. The summed E-state index contributed by atoms with van der Waals surface area (Å²) in [7, 11) is 0. The molecule has 0 radical (unpaired) electrons. The summed E-state index contributed by atoms with van der Waals surface area (Å²) in [4.78, 5) is 0. The van der Waals surface area contributed by atoms with E-state index in [1.165, 1.54) is 5.56 Å². The number of nitrogens with zero attached hydrogens (tertiary/aromatic N) is 1. The summed E-state index contributed by atoms with van der Waals surface area (Å²) in [6, 6.07) is 3.81. The Balaban J connectivity index is 2.10. The first-order valence-corrected chi connectivity index (χ1v) is 4.63. The smallest absolute Gasteiger partial charge is 0.180 e. The zero-order valence-electron chi connectivity index (χ0n) is 7.48. The minimum atomic E-state index is 0.579. The van der Waals surface area contributed by atoms with Crippen molar-refractivity contribution < 1.29 is 9.47 Å². The average Bonchev–Trinajstić information content (AvgIpc) is 2.20. The Labute approximate surface area is 77.5 Å². The van der Waals surface area contributed by atoms with Crippen molar-refractivity contribution in [3.05, 3.63) is 35.3 Å². The van der Waals surface area contributed by atoms with Crippen molar-refractivity contribution >= 4 is 0 Å². The van der Waals surface area contributed by atoms with Gasteiger partial charge in [-0.3, -0.25) is 0 Å². The largest absolute Gasteiger partial charge is 0.619 e. The number of aromatic nitrogens is 1. The first-order valence-electron chi connectivity index (χ1n) is 4.63. The van der Waals surface area contributed by atoms with Gasteiger partial charge in [-0.1, -0.05) is 0 Å². The second kappa shape index (κ2) is 3.75. The van der Waals surface area contributed by atoms with E-state index >= 15 is 0 Å². The van der Waals surface area contributed by atoms with Crippen molar-refractivity contribution in [2.45, 2.75) is 18.8 Å². The van der Waals surface area contributed by atoms with Crippen LogP contribution >= 0.6 is 0 Å². The second-order valence-electron chi connectivity index (χ2n) is 3.38. The van der Waals surface area contributed by atoms with Crippen LogP contribution in [0.4, 0.5) is 0 Å². The van der Waals surface area contributed by atoms with Crippen LogP contribution in [0.2, 0.25) is 0 Å².